The molecule has 3 rings (SSSR count). The van der Waals surface area contributed by atoms with E-state index in [2.05, 4.69) is 0 Å². The molecule has 2 aliphatic rings. The topological polar surface area (TPSA) is 108 Å². The van der Waals surface area contributed by atoms with E-state index in [1.165, 1.54) is 27.0 Å². The average molecular weight is 444 g/mol. The van der Waals surface area contributed by atoms with Gasteiger partial charge in [0.2, 0.25) is 11.4 Å². The Kier molecular flexibility index (Phi) is 6.74. The molecule has 8 nitrogen and oxygen atoms in total. The molecule has 0 radical (unpaired) electrons. The van der Waals surface area contributed by atoms with Crippen LogP contribution in [0.5, 0.6) is 11.5 Å². The molecule has 0 amide bonds. The minimum Gasteiger partial charge on any atom is -0.507 e. The molecule has 32 heavy (non-hydrogen) atoms. The number of benzene rings is 1. The lowest BCUT2D eigenvalue weighted by Crippen LogP contribution is -2.56. The van der Waals surface area contributed by atoms with Gasteiger partial charge in [-0.1, -0.05) is 17.7 Å². The van der Waals surface area contributed by atoms with Gasteiger partial charge in [0.15, 0.2) is 6.10 Å². The molecule has 0 aromatic heterocycles. The molecule has 1 aliphatic carbocycles. The Morgan fingerprint density at radius 2 is 2.00 bits per heavy atom. The van der Waals surface area contributed by atoms with E-state index in [9.17, 15) is 19.5 Å². The zero-order valence-corrected chi connectivity index (χ0v) is 18.9. The lowest BCUT2D eigenvalue weighted by molar-refractivity contribution is -0.169. The first-order valence-electron chi connectivity index (χ1n) is 10.4. The van der Waals surface area contributed by atoms with Crippen LogP contribution in [0.2, 0.25) is 0 Å². The third kappa shape index (κ3) is 4.41. The maximum Gasteiger partial charge on any atom is 0.343 e. The number of carbonyl (C=O) groups is 3. The Labute approximate surface area is 186 Å². The molecule has 0 fully saturated rings. The lowest BCUT2D eigenvalue weighted by Gasteiger charge is -2.42. The van der Waals surface area contributed by atoms with Crippen LogP contribution in [-0.2, 0) is 23.8 Å². The molecule has 1 heterocycles. The number of phenols is 1. The molecular formula is C24H28O8. The number of phenolic OH excluding ortho intramolecular Hbond substituents is 1. The third-order valence-electron chi connectivity index (χ3n) is 5.84. The SMILES string of the molecule is C/C=C\C1CC2=C(CO1)C(=O)C(C)(OC(=O)c1c(C)cc(OC)cc1O)C(OC(C)=O)C2. The van der Waals surface area contributed by atoms with Crippen LogP contribution in [0.1, 0.15) is 49.5 Å². The van der Waals surface area contributed by atoms with Crippen molar-refractivity contribution in [3.63, 3.8) is 0 Å². The van der Waals surface area contributed by atoms with Crippen LogP contribution in [0, 0.1) is 6.92 Å². The first-order chi connectivity index (χ1) is 15.1. The van der Waals surface area contributed by atoms with Crippen LogP contribution >= 0.6 is 0 Å². The van der Waals surface area contributed by atoms with Gasteiger partial charge in [0, 0.05) is 25.0 Å². The van der Waals surface area contributed by atoms with Crippen molar-refractivity contribution in [3.8, 4) is 11.5 Å². The first kappa shape index (κ1) is 23.5. The third-order valence-corrected chi connectivity index (χ3v) is 5.84. The van der Waals surface area contributed by atoms with Crippen molar-refractivity contribution in [3.05, 3.63) is 46.6 Å². The van der Waals surface area contributed by atoms with Gasteiger partial charge in [0.1, 0.15) is 17.1 Å². The number of rotatable bonds is 5. The fourth-order valence-electron chi connectivity index (χ4n) is 4.18. The van der Waals surface area contributed by atoms with E-state index in [1.54, 1.807) is 13.0 Å². The number of hydrogen-bond donors (Lipinski definition) is 1. The van der Waals surface area contributed by atoms with Crippen LogP contribution in [-0.4, -0.2) is 54.4 Å². The van der Waals surface area contributed by atoms with E-state index in [0.29, 0.717) is 23.3 Å². The fraction of sp³-hybridized carbons (Fsp3) is 0.458. The summed E-state index contributed by atoms with van der Waals surface area (Å²) in [5, 5.41) is 10.3. The largest absolute Gasteiger partial charge is 0.507 e. The summed E-state index contributed by atoms with van der Waals surface area (Å²) in [5.74, 6) is -1.92. The predicted octanol–water partition coefficient (Wildman–Crippen LogP) is 3.19. The first-order valence-corrected chi connectivity index (χ1v) is 10.4. The maximum absolute atomic E-state index is 13.5. The summed E-state index contributed by atoms with van der Waals surface area (Å²) >= 11 is 0. The second-order valence-corrected chi connectivity index (χ2v) is 8.13. The van der Waals surface area contributed by atoms with Gasteiger partial charge in [0.05, 0.1) is 19.8 Å². The molecule has 1 N–H and O–H groups in total. The van der Waals surface area contributed by atoms with Crippen molar-refractivity contribution < 1.29 is 38.4 Å². The molecule has 1 aromatic rings. The smallest absolute Gasteiger partial charge is 0.343 e. The highest BCUT2D eigenvalue weighted by molar-refractivity contribution is 6.06. The van der Waals surface area contributed by atoms with Crippen molar-refractivity contribution >= 4 is 17.7 Å². The minimum absolute atomic E-state index is 0.0793. The number of Topliss-reactive ketones (excluding diaryl/α,β-unsaturated/α-hetero) is 1. The van der Waals surface area contributed by atoms with Gasteiger partial charge in [-0.15, -0.1) is 0 Å². The van der Waals surface area contributed by atoms with E-state index in [-0.39, 0.29) is 30.4 Å². The van der Waals surface area contributed by atoms with Crippen molar-refractivity contribution in [1.29, 1.82) is 0 Å². The minimum atomic E-state index is -1.77. The monoisotopic (exact) mass is 444 g/mol. The molecule has 8 heteroatoms. The van der Waals surface area contributed by atoms with Crippen molar-refractivity contribution in [1.82, 2.24) is 0 Å². The summed E-state index contributed by atoms with van der Waals surface area (Å²) in [4.78, 5) is 38.3. The number of aryl methyl sites for hydroxylation is 1. The molecule has 1 aliphatic heterocycles. The highest BCUT2D eigenvalue weighted by Gasteiger charge is 2.53. The Morgan fingerprint density at radius 1 is 1.28 bits per heavy atom. The van der Waals surface area contributed by atoms with Gasteiger partial charge in [-0.3, -0.25) is 9.59 Å². The predicted molar refractivity (Wildman–Crippen MR) is 115 cm³/mol. The molecule has 3 atom stereocenters. The highest BCUT2D eigenvalue weighted by atomic mass is 16.6. The average Bonchev–Trinajstić information content (AvgIpc) is 2.71. The van der Waals surface area contributed by atoms with Gasteiger partial charge < -0.3 is 24.1 Å². The zero-order chi connectivity index (χ0) is 23.6. The van der Waals surface area contributed by atoms with E-state index < -0.39 is 29.4 Å². The number of ketones is 1. The van der Waals surface area contributed by atoms with Gasteiger partial charge in [-0.05, 0) is 38.8 Å². The molecule has 0 saturated carbocycles. The van der Waals surface area contributed by atoms with Crippen molar-refractivity contribution in [2.45, 2.75) is 58.3 Å². The fourth-order valence-corrected chi connectivity index (χ4v) is 4.18. The number of ether oxygens (including phenoxy) is 4. The Hall–Kier alpha value is -3.13. The van der Waals surface area contributed by atoms with Gasteiger partial charge in [0.25, 0.3) is 0 Å². The molecule has 0 saturated heterocycles. The van der Waals surface area contributed by atoms with E-state index in [4.69, 9.17) is 18.9 Å². The number of methoxy groups -OCH3 is 1. The summed E-state index contributed by atoms with van der Waals surface area (Å²) in [6, 6.07) is 2.86. The molecule has 1 aromatic carbocycles. The van der Waals surface area contributed by atoms with Crippen LogP contribution in [0.4, 0.5) is 0 Å². The summed E-state index contributed by atoms with van der Waals surface area (Å²) in [6.07, 6.45) is 3.34. The van der Waals surface area contributed by atoms with Crippen molar-refractivity contribution in [2.75, 3.05) is 13.7 Å². The number of esters is 2. The van der Waals surface area contributed by atoms with Crippen molar-refractivity contribution in [2.24, 2.45) is 0 Å². The van der Waals surface area contributed by atoms with E-state index >= 15 is 0 Å². The van der Waals surface area contributed by atoms with Crippen LogP contribution in [0.3, 0.4) is 0 Å². The molecule has 172 valence electrons. The summed E-state index contributed by atoms with van der Waals surface area (Å²) in [5.41, 5.74) is -0.184. The number of hydrogen-bond acceptors (Lipinski definition) is 8. The van der Waals surface area contributed by atoms with E-state index in [1.807, 2.05) is 19.1 Å². The van der Waals surface area contributed by atoms with Crippen LogP contribution in [0.25, 0.3) is 0 Å². The Balaban J connectivity index is 1.97. The molecule has 3 unspecified atom stereocenters. The zero-order valence-electron chi connectivity index (χ0n) is 18.9. The Morgan fingerprint density at radius 3 is 2.59 bits per heavy atom. The summed E-state index contributed by atoms with van der Waals surface area (Å²) in [7, 11) is 1.44. The van der Waals surface area contributed by atoms with Gasteiger partial charge in [-0.25, -0.2) is 4.79 Å². The van der Waals surface area contributed by atoms with E-state index in [0.717, 1.165) is 5.57 Å². The summed E-state index contributed by atoms with van der Waals surface area (Å²) in [6.45, 7) is 6.25. The summed E-state index contributed by atoms with van der Waals surface area (Å²) < 4.78 is 22.0. The highest BCUT2D eigenvalue weighted by Crippen LogP contribution is 2.40. The Bertz CT molecular complexity index is 982. The molecular weight excluding hydrogens is 416 g/mol. The van der Waals surface area contributed by atoms with Crippen LogP contribution in [0.15, 0.2) is 35.4 Å². The number of aromatic hydroxyl groups is 1. The number of carbonyl (C=O) groups excluding carboxylic acids is 3. The standard InChI is InChI=1S/C24H28O8/c1-6-7-16-9-15-10-20(31-14(3)25)24(4,22(27)18(15)12-30-16)32-23(28)21-13(2)8-17(29-5)11-19(21)26/h6-8,11,16,20,26H,9-10,12H2,1-5H3/b7-6-. The van der Waals surface area contributed by atoms with Gasteiger partial charge >= 0.3 is 11.9 Å². The quantitative estimate of drug-likeness (QED) is 0.545. The molecule has 0 bridgehead atoms. The maximum atomic E-state index is 13.5. The second-order valence-electron chi connectivity index (χ2n) is 8.13. The van der Waals surface area contributed by atoms with Gasteiger partial charge in [-0.2, -0.15) is 0 Å². The second kappa shape index (κ2) is 9.16. The normalized spacial score (nSPS) is 25.5. The molecule has 0 spiro atoms. The lowest BCUT2D eigenvalue weighted by atomic mass is 9.75. The number of allylic oxidation sites excluding steroid dienone is 1. The van der Waals surface area contributed by atoms with Crippen LogP contribution < -0.4 is 4.74 Å².